The molecule has 220 valence electrons. The minimum atomic E-state index is -4.63. The van der Waals surface area contributed by atoms with Crippen molar-refractivity contribution in [1.82, 2.24) is 20.0 Å². The van der Waals surface area contributed by atoms with Gasteiger partial charge in [0.1, 0.15) is 11.9 Å². The SMILES string of the molecule is CCN1C(=O)[C@@H](NC(=O)c2cccc(C(F)(F)F)c2)[C@H](c2cccc(CN(C)C#N)c2)c2c(C)nn(-c3ccccc3)c21. The van der Waals surface area contributed by atoms with Gasteiger partial charge in [0.25, 0.3) is 11.8 Å². The number of para-hydroxylation sites is 1. The van der Waals surface area contributed by atoms with E-state index in [-0.39, 0.29) is 12.1 Å². The van der Waals surface area contributed by atoms with Crippen LogP contribution >= 0.6 is 0 Å². The smallest absolute Gasteiger partial charge is 0.339 e. The quantitative estimate of drug-likeness (QED) is 0.231. The van der Waals surface area contributed by atoms with Gasteiger partial charge in [-0.1, -0.05) is 48.5 Å². The van der Waals surface area contributed by atoms with Crippen LogP contribution in [0, 0.1) is 18.4 Å². The number of amides is 2. The minimum Gasteiger partial charge on any atom is -0.339 e. The first-order valence-electron chi connectivity index (χ1n) is 13.7. The lowest BCUT2D eigenvalue weighted by Crippen LogP contribution is -2.55. The molecule has 2 heterocycles. The predicted octanol–water partition coefficient (Wildman–Crippen LogP) is 5.41. The highest BCUT2D eigenvalue weighted by molar-refractivity contribution is 6.05. The largest absolute Gasteiger partial charge is 0.416 e. The number of hydrogen-bond donors (Lipinski definition) is 1. The first-order chi connectivity index (χ1) is 20.5. The molecule has 3 aromatic carbocycles. The van der Waals surface area contributed by atoms with E-state index >= 15 is 0 Å². The molecule has 0 aliphatic carbocycles. The maximum Gasteiger partial charge on any atom is 0.416 e. The minimum absolute atomic E-state index is 0.212. The number of nitrogens with one attached hydrogen (secondary N) is 1. The van der Waals surface area contributed by atoms with Crippen LogP contribution in [-0.4, -0.2) is 46.1 Å². The van der Waals surface area contributed by atoms with E-state index in [2.05, 4.69) is 11.5 Å². The van der Waals surface area contributed by atoms with Crippen molar-refractivity contribution in [3.05, 3.63) is 112 Å². The summed E-state index contributed by atoms with van der Waals surface area (Å²) in [4.78, 5) is 30.7. The standard InChI is InChI=1S/C32H29F3N6O2/c1-4-40-30-26(20(2)38-41(30)25-14-6-5-7-15-25)27(22-11-8-10-21(16-22)18-39(3)19-36)28(31(40)43)37-29(42)23-12-9-13-24(17-23)32(33,34)35/h5-17,27-28H,4,18H2,1-3H3,(H,37,42)/t27-,28+/m1/s1. The van der Waals surface area contributed by atoms with Gasteiger partial charge in [-0.25, -0.2) is 4.68 Å². The number of carbonyl (C=O) groups is 2. The van der Waals surface area contributed by atoms with E-state index in [9.17, 15) is 28.0 Å². The number of halogens is 3. The van der Waals surface area contributed by atoms with Gasteiger partial charge >= 0.3 is 6.18 Å². The van der Waals surface area contributed by atoms with E-state index in [1.807, 2.05) is 68.4 Å². The monoisotopic (exact) mass is 586 g/mol. The summed E-state index contributed by atoms with van der Waals surface area (Å²) >= 11 is 0. The molecule has 8 nitrogen and oxygen atoms in total. The number of hydrogen-bond acceptors (Lipinski definition) is 5. The summed E-state index contributed by atoms with van der Waals surface area (Å²) in [6.45, 7) is 4.22. The van der Waals surface area contributed by atoms with E-state index in [0.717, 1.165) is 29.4 Å². The lowest BCUT2D eigenvalue weighted by Gasteiger charge is -2.38. The number of aryl methyl sites for hydroxylation is 1. The Hall–Kier alpha value is -5.11. The normalized spacial score (nSPS) is 16.4. The second-order valence-electron chi connectivity index (χ2n) is 10.4. The van der Waals surface area contributed by atoms with Gasteiger partial charge in [-0.15, -0.1) is 0 Å². The van der Waals surface area contributed by atoms with Gasteiger partial charge in [-0.2, -0.15) is 23.5 Å². The van der Waals surface area contributed by atoms with Crippen LogP contribution in [-0.2, 0) is 17.5 Å². The summed E-state index contributed by atoms with van der Waals surface area (Å²) in [5, 5.41) is 16.9. The van der Waals surface area contributed by atoms with E-state index in [4.69, 9.17) is 5.10 Å². The summed E-state index contributed by atoms with van der Waals surface area (Å²) in [5.41, 5.74) is 2.42. The zero-order valence-electron chi connectivity index (χ0n) is 23.8. The van der Waals surface area contributed by atoms with Crippen molar-refractivity contribution in [2.24, 2.45) is 0 Å². The van der Waals surface area contributed by atoms with Crippen molar-refractivity contribution < 1.29 is 22.8 Å². The van der Waals surface area contributed by atoms with Crippen LogP contribution in [0.2, 0.25) is 0 Å². The van der Waals surface area contributed by atoms with Gasteiger partial charge in [0.05, 0.1) is 23.5 Å². The maximum atomic E-state index is 14.2. The maximum absolute atomic E-state index is 14.2. The van der Waals surface area contributed by atoms with E-state index < -0.39 is 35.5 Å². The third-order valence-electron chi connectivity index (χ3n) is 7.47. The van der Waals surface area contributed by atoms with Crippen LogP contribution in [0.15, 0.2) is 78.9 Å². The van der Waals surface area contributed by atoms with Crippen LogP contribution in [0.5, 0.6) is 0 Å². The lowest BCUT2D eigenvalue weighted by atomic mass is 9.80. The number of carbonyl (C=O) groups excluding carboxylic acids is 2. The van der Waals surface area contributed by atoms with Crippen molar-refractivity contribution in [2.45, 2.75) is 38.5 Å². The van der Waals surface area contributed by atoms with Crippen molar-refractivity contribution in [3.63, 3.8) is 0 Å². The van der Waals surface area contributed by atoms with Gasteiger partial charge in [0.15, 0.2) is 6.19 Å². The molecular weight excluding hydrogens is 557 g/mol. The summed E-state index contributed by atoms with van der Waals surface area (Å²) in [6, 6.07) is 19.7. The van der Waals surface area contributed by atoms with Crippen LogP contribution in [0.25, 0.3) is 5.69 Å². The summed E-state index contributed by atoms with van der Waals surface area (Å²) < 4.78 is 41.9. The molecule has 1 aliphatic heterocycles. The number of fused-ring (bicyclic) bond motifs is 1. The third-order valence-corrected chi connectivity index (χ3v) is 7.47. The van der Waals surface area contributed by atoms with E-state index in [1.54, 1.807) is 16.6 Å². The number of nitrogens with zero attached hydrogens (tertiary/aromatic N) is 5. The average molecular weight is 587 g/mol. The number of aromatic nitrogens is 2. The number of likely N-dealkylation sites (N-methyl/N-ethyl adjacent to an activating group) is 1. The molecule has 0 fully saturated rings. The lowest BCUT2D eigenvalue weighted by molar-refractivity contribution is -0.137. The first kappa shape index (κ1) is 29.4. The molecule has 0 radical (unpaired) electrons. The van der Waals surface area contributed by atoms with E-state index in [0.29, 0.717) is 29.2 Å². The fourth-order valence-electron chi connectivity index (χ4n) is 5.55. The highest BCUT2D eigenvalue weighted by atomic mass is 19.4. The van der Waals surface area contributed by atoms with Crippen LogP contribution in [0.3, 0.4) is 0 Å². The second-order valence-corrected chi connectivity index (χ2v) is 10.4. The van der Waals surface area contributed by atoms with E-state index in [1.165, 1.54) is 11.0 Å². The van der Waals surface area contributed by atoms with Gasteiger partial charge in [0.2, 0.25) is 0 Å². The second kappa shape index (κ2) is 11.6. The van der Waals surface area contributed by atoms with Crippen molar-refractivity contribution in [1.29, 1.82) is 5.26 Å². The highest BCUT2D eigenvalue weighted by Gasteiger charge is 2.45. The molecule has 1 aromatic heterocycles. The average Bonchev–Trinajstić information content (AvgIpc) is 3.34. The van der Waals surface area contributed by atoms with Crippen LogP contribution < -0.4 is 10.2 Å². The first-order valence-corrected chi connectivity index (χ1v) is 13.7. The summed E-state index contributed by atoms with van der Waals surface area (Å²) in [5.74, 6) is -1.38. The summed E-state index contributed by atoms with van der Waals surface area (Å²) in [7, 11) is 1.65. The van der Waals surface area contributed by atoms with Crippen molar-refractivity contribution in [2.75, 3.05) is 18.5 Å². The van der Waals surface area contributed by atoms with Crippen LogP contribution in [0.4, 0.5) is 19.0 Å². The number of benzene rings is 3. The molecule has 1 N–H and O–H groups in total. The molecular formula is C32H29F3N6O2. The molecule has 43 heavy (non-hydrogen) atoms. The predicted molar refractivity (Wildman–Crippen MR) is 154 cm³/mol. The fraction of sp³-hybridized carbons (Fsp3) is 0.250. The Morgan fingerprint density at radius 3 is 2.47 bits per heavy atom. The molecule has 0 saturated carbocycles. The molecule has 0 unspecified atom stereocenters. The zero-order valence-corrected chi connectivity index (χ0v) is 23.8. The topological polar surface area (TPSA) is 94.3 Å². The molecule has 4 aromatic rings. The van der Waals surface area contributed by atoms with Crippen LogP contribution in [0.1, 0.15) is 51.1 Å². The molecule has 0 spiro atoms. The number of nitriles is 1. The Bertz CT molecular complexity index is 1710. The molecule has 5 rings (SSSR count). The Labute approximate surface area is 247 Å². The molecule has 0 bridgehead atoms. The highest BCUT2D eigenvalue weighted by Crippen LogP contribution is 2.43. The van der Waals surface area contributed by atoms with Crippen molar-refractivity contribution in [3.8, 4) is 11.9 Å². The third kappa shape index (κ3) is 5.68. The summed E-state index contributed by atoms with van der Waals surface area (Å²) in [6.07, 6.45) is -2.56. The van der Waals surface area contributed by atoms with Gasteiger partial charge in [-0.3, -0.25) is 14.5 Å². The molecule has 0 saturated heterocycles. The molecule has 1 aliphatic rings. The number of anilines is 1. The Morgan fingerprint density at radius 1 is 1.07 bits per heavy atom. The Balaban J connectivity index is 1.66. The van der Waals surface area contributed by atoms with Gasteiger partial charge < -0.3 is 10.2 Å². The molecule has 11 heteroatoms. The Morgan fingerprint density at radius 2 is 1.79 bits per heavy atom. The Kier molecular flexibility index (Phi) is 7.96. The molecule has 2 amide bonds. The fourth-order valence-corrected chi connectivity index (χ4v) is 5.55. The molecule has 2 atom stereocenters. The number of alkyl halides is 3. The van der Waals surface area contributed by atoms with Crippen molar-refractivity contribution >= 4 is 17.6 Å². The van der Waals surface area contributed by atoms with Gasteiger partial charge in [0, 0.05) is 30.6 Å². The zero-order chi connectivity index (χ0) is 30.9. The number of rotatable bonds is 7. The van der Waals surface area contributed by atoms with Gasteiger partial charge in [-0.05, 0) is 55.3 Å².